The van der Waals surface area contributed by atoms with Crippen LogP contribution < -0.4 is 5.32 Å². The third kappa shape index (κ3) is 4.95. The van der Waals surface area contributed by atoms with Crippen molar-refractivity contribution in [3.63, 3.8) is 0 Å². The van der Waals surface area contributed by atoms with Gasteiger partial charge in [0.1, 0.15) is 0 Å². The molecule has 0 radical (unpaired) electrons. The third-order valence-corrected chi connectivity index (χ3v) is 5.37. The van der Waals surface area contributed by atoms with Crippen molar-refractivity contribution in [3.8, 4) is 0 Å². The van der Waals surface area contributed by atoms with Gasteiger partial charge in [-0.3, -0.25) is 9.69 Å². The number of nitrogens with one attached hydrogen (secondary N) is 1. The normalized spacial score (nSPS) is 15.8. The van der Waals surface area contributed by atoms with E-state index in [0.717, 1.165) is 49.3 Å². The number of amides is 1. The second kappa shape index (κ2) is 8.50. The van der Waals surface area contributed by atoms with E-state index >= 15 is 0 Å². The monoisotopic (exact) mass is 350 g/mol. The molecular formula is C23H30N2O. The van der Waals surface area contributed by atoms with E-state index in [1.165, 1.54) is 11.1 Å². The Morgan fingerprint density at radius 1 is 1.04 bits per heavy atom. The minimum absolute atomic E-state index is 0.154. The van der Waals surface area contributed by atoms with Crippen LogP contribution in [0.15, 0.2) is 42.5 Å². The number of aryl methyl sites for hydroxylation is 3. The number of carbonyl (C=O) groups is 1. The molecule has 0 unspecified atom stereocenters. The Bertz CT molecular complexity index is 723. The van der Waals surface area contributed by atoms with E-state index in [-0.39, 0.29) is 5.91 Å². The highest BCUT2D eigenvalue weighted by molar-refractivity contribution is 5.92. The number of piperidine rings is 1. The lowest BCUT2D eigenvalue weighted by Gasteiger charge is -2.31. The van der Waals surface area contributed by atoms with Gasteiger partial charge in [0.15, 0.2) is 0 Å². The van der Waals surface area contributed by atoms with Crippen molar-refractivity contribution in [2.45, 2.75) is 46.6 Å². The van der Waals surface area contributed by atoms with Gasteiger partial charge in [0.25, 0.3) is 0 Å². The molecular weight excluding hydrogens is 320 g/mol. The average Bonchev–Trinajstić information content (AvgIpc) is 2.61. The SMILES string of the molecule is Cc1cc(C)c(NC(=O)CC2CCN(Cc3ccccc3)CC2)c(C)c1. The summed E-state index contributed by atoms with van der Waals surface area (Å²) in [6.07, 6.45) is 2.84. The van der Waals surface area contributed by atoms with E-state index < -0.39 is 0 Å². The molecule has 1 N–H and O–H groups in total. The number of rotatable bonds is 5. The van der Waals surface area contributed by atoms with Gasteiger partial charge in [0.05, 0.1) is 0 Å². The summed E-state index contributed by atoms with van der Waals surface area (Å²) in [7, 11) is 0. The van der Waals surface area contributed by atoms with Gasteiger partial charge in [-0.1, -0.05) is 48.0 Å². The van der Waals surface area contributed by atoms with Gasteiger partial charge in [0.2, 0.25) is 5.91 Å². The average molecular weight is 351 g/mol. The van der Waals surface area contributed by atoms with Gasteiger partial charge in [0, 0.05) is 18.7 Å². The molecule has 3 nitrogen and oxygen atoms in total. The van der Waals surface area contributed by atoms with Crippen LogP contribution in [-0.4, -0.2) is 23.9 Å². The van der Waals surface area contributed by atoms with Crippen molar-refractivity contribution in [2.75, 3.05) is 18.4 Å². The maximum atomic E-state index is 12.5. The van der Waals surface area contributed by atoms with Crippen molar-refractivity contribution in [1.29, 1.82) is 0 Å². The Morgan fingerprint density at radius 3 is 2.27 bits per heavy atom. The van der Waals surface area contributed by atoms with Crippen LogP contribution in [0.2, 0.25) is 0 Å². The van der Waals surface area contributed by atoms with Crippen molar-refractivity contribution < 1.29 is 4.79 Å². The number of benzene rings is 2. The topological polar surface area (TPSA) is 32.3 Å². The largest absolute Gasteiger partial charge is 0.326 e. The first-order valence-corrected chi connectivity index (χ1v) is 9.65. The van der Waals surface area contributed by atoms with Gasteiger partial charge in [-0.2, -0.15) is 0 Å². The molecule has 1 fully saturated rings. The fraction of sp³-hybridized carbons (Fsp3) is 0.435. The van der Waals surface area contributed by atoms with Gasteiger partial charge >= 0.3 is 0 Å². The van der Waals surface area contributed by atoms with Gasteiger partial charge < -0.3 is 5.32 Å². The molecule has 0 aromatic heterocycles. The lowest BCUT2D eigenvalue weighted by atomic mass is 9.92. The third-order valence-electron chi connectivity index (χ3n) is 5.37. The lowest BCUT2D eigenvalue weighted by Crippen LogP contribution is -2.34. The molecule has 2 aromatic carbocycles. The fourth-order valence-corrected chi connectivity index (χ4v) is 4.02. The summed E-state index contributed by atoms with van der Waals surface area (Å²) in [4.78, 5) is 15.0. The molecule has 0 saturated carbocycles. The fourth-order valence-electron chi connectivity index (χ4n) is 4.02. The number of anilines is 1. The summed E-state index contributed by atoms with van der Waals surface area (Å²) in [5.74, 6) is 0.648. The van der Waals surface area contributed by atoms with Crippen LogP contribution in [0.3, 0.4) is 0 Å². The summed E-state index contributed by atoms with van der Waals surface area (Å²) in [6.45, 7) is 9.40. The number of carbonyl (C=O) groups excluding carboxylic acids is 1. The molecule has 26 heavy (non-hydrogen) atoms. The van der Waals surface area contributed by atoms with E-state index in [4.69, 9.17) is 0 Å². The van der Waals surface area contributed by atoms with E-state index in [2.05, 4.69) is 73.5 Å². The van der Waals surface area contributed by atoms with Gasteiger partial charge in [-0.05, 0) is 69.3 Å². The van der Waals surface area contributed by atoms with Crippen LogP contribution in [0, 0.1) is 26.7 Å². The zero-order valence-electron chi connectivity index (χ0n) is 16.2. The van der Waals surface area contributed by atoms with Crippen LogP contribution in [0.25, 0.3) is 0 Å². The zero-order chi connectivity index (χ0) is 18.5. The van der Waals surface area contributed by atoms with E-state index in [1.54, 1.807) is 0 Å². The Balaban J connectivity index is 1.48. The van der Waals surface area contributed by atoms with Gasteiger partial charge in [-0.15, -0.1) is 0 Å². The van der Waals surface area contributed by atoms with E-state index in [1.807, 2.05) is 0 Å². The summed E-state index contributed by atoms with van der Waals surface area (Å²) >= 11 is 0. The van der Waals surface area contributed by atoms with Gasteiger partial charge in [-0.25, -0.2) is 0 Å². The van der Waals surface area contributed by atoms with E-state index in [9.17, 15) is 4.79 Å². The molecule has 1 aliphatic rings. The molecule has 1 aliphatic heterocycles. The number of hydrogen-bond acceptors (Lipinski definition) is 2. The molecule has 1 amide bonds. The van der Waals surface area contributed by atoms with Crippen LogP contribution in [0.5, 0.6) is 0 Å². The Morgan fingerprint density at radius 2 is 1.65 bits per heavy atom. The molecule has 1 heterocycles. The quantitative estimate of drug-likeness (QED) is 0.836. The van der Waals surface area contributed by atoms with Crippen molar-refractivity contribution in [2.24, 2.45) is 5.92 Å². The highest BCUT2D eigenvalue weighted by Crippen LogP contribution is 2.25. The predicted molar refractivity (Wildman–Crippen MR) is 108 cm³/mol. The van der Waals surface area contributed by atoms with Crippen LogP contribution in [-0.2, 0) is 11.3 Å². The second-order valence-electron chi connectivity index (χ2n) is 7.73. The van der Waals surface area contributed by atoms with Crippen LogP contribution in [0.1, 0.15) is 41.5 Å². The summed E-state index contributed by atoms with van der Waals surface area (Å²) in [5, 5.41) is 3.15. The molecule has 3 rings (SSSR count). The Hall–Kier alpha value is -2.13. The van der Waals surface area contributed by atoms with Crippen molar-refractivity contribution in [3.05, 3.63) is 64.7 Å². The molecule has 2 aromatic rings. The molecule has 138 valence electrons. The minimum atomic E-state index is 0.154. The standard InChI is InChI=1S/C23H30N2O/c1-17-13-18(2)23(19(3)14-17)24-22(26)15-20-9-11-25(12-10-20)16-21-7-5-4-6-8-21/h4-8,13-14,20H,9-12,15-16H2,1-3H3,(H,24,26). The Kier molecular flexibility index (Phi) is 6.10. The molecule has 3 heteroatoms. The number of nitrogens with zero attached hydrogens (tertiary/aromatic N) is 1. The van der Waals surface area contributed by atoms with E-state index in [0.29, 0.717) is 12.3 Å². The summed E-state index contributed by atoms with van der Waals surface area (Å²) in [5.41, 5.74) is 5.89. The smallest absolute Gasteiger partial charge is 0.224 e. The second-order valence-corrected chi connectivity index (χ2v) is 7.73. The lowest BCUT2D eigenvalue weighted by molar-refractivity contribution is -0.117. The first-order valence-electron chi connectivity index (χ1n) is 9.65. The molecule has 0 atom stereocenters. The maximum absolute atomic E-state index is 12.5. The number of hydrogen-bond donors (Lipinski definition) is 1. The highest BCUT2D eigenvalue weighted by Gasteiger charge is 2.22. The van der Waals surface area contributed by atoms with Crippen molar-refractivity contribution >= 4 is 11.6 Å². The first kappa shape index (κ1) is 18.7. The minimum Gasteiger partial charge on any atom is -0.326 e. The van der Waals surface area contributed by atoms with Crippen molar-refractivity contribution in [1.82, 2.24) is 4.90 Å². The molecule has 1 saturated heterocycles. The van der Waals surface area contributed by atoms with Crippen LogP contribution in [0.4, 0.5) is 5.69 Å². The highest BCUT2D eigenvalue weighted by atomic mass is 16.1. The van der Waals surface area contributed by atoms with Crippen LogP contribution >= 0.6 is 0 Å². The first-order chi connectivity index (χ1) is 12.5. The summed E-state index contributed by atoms with van der Waals surface area (Å²) < 4.78 is 0. The zero-order valence-corrected chi connectivity index (χ0v) is 16.2. The molecule has 0 bridgehead atoms. The molecule has 0 spiro atoms. The number of likely N-dealkylation sites (tertiary alicyclic amines) is 1. The maximum Gasteiger partial charge on any atom is 0.224 e. The molecule has 0 aliphatic carbocycles. The summed E-state index contributed by atoms with van der Waals surface area (Å²) in [6, 6.07) is 14.9. The Labute approximate surface area is 157 Å². The predicted octanol–water partition coefficient (Wildman–Crippen LogP) is 4.85.